The van der Waals surface area contributed by atoms with E-state index in [-0.39, 0.29) is 6.10 Å². The SMILES string of the molecule is Cc1cc(Cl)ccc1CC1CNC(C)CO1. The van der Waals surface area contributed by atoms with Gasteiger partial charge >= 0.3 is 0 Å². The first-order valence-corrected chi connectivity index (χ1v) is 6.13. The standard InChI is InChI=1S/C13H18ClNO/c1-9-5-12(14)4-3-11(9)6-13-7-15-10(2)8-16-13/h3-5,10,13,15H,6-8H2,1-2H3. The summed E-state index contributed by atoms with van der Waals surface area (Å²) in [7, 11) is 0. The van der Waals surface area contributed by atoms with Gasteiger partial charge in [0.1, 0.15) is 0 Å². The first kappa shape index (κ1) is 11.9. The number of benzene rings is 1. The quantitative estimate of drug-likeness (QED) is 0.857. The highest BCUT2D eigenvalue weighted by atomic mass is 35.5. The molecule has 2 atom stereocenters. The normalized spacial score (nSPS) is 25.7. The van der Waals surface area contributed by atoms with Gasteiger partial charge in [0.15, 0.2) is 0 Å². The molecule has 3 heteroatoms. The second-order valence-electron chi connectivity index (χ2n) is 4.54. The van der Waals surface area contributed by atoms with Crippen molar-refractivity contribution >= 4 is 11.6 Å². The molecule has 0 radical (unpaired) electrons. The van der Waals surface area contributed by atoms with Crippen molar-refractivity contribution in [3.63, 3.8) is 0 Å². The molecule has 1 aliphatic rings. The smallest absolute Gasteiger partial charge is 0.0740 e. The summed E-state index contributed by atoms with van der Waals surface area (Å²) >= 11 is 5.94. The molecule has 1 aromatic carbocycles. The molecule has 1 heterocycles. The predicted molar refractivity (Wildman–Crippen MR) is 67.1 cm³/mol. The average molecular weight is 240 g/mol. The molecule has 0 aliphatic carbocycles. The molecule has 0 saturated carbocycles. The lowest BCUT2D eigenvalue weighted by atomic mass is 10.0. The van der Waals surface area contributed by atoms with Gasteiger partial charge in [0.25, 0.3) is 0 Å². The van der Waals surface area contributed by atoms with Gasteiger partial charge < -0.3 is 10.1 Å². The molecule has 0 spiro atoms. The van der Waals surface area contributed by atoms with Crippen LogP contribution in [-0.4, -0.2) is 25.3 Å². The molecule has 16 heavy (non-hydrogen) atoms. The van der Waals surface area contributed by atoms with Crippen LogP contribution in [-0.2, 0) is 11.2 Å². The van der Waals surface area contributed by atoms with E-state index >= 15 is 0 Å². The van der Waals surface area contributed by atoms with Crippen LogP contribution in [0.1, 0.15) is 18.1 Å². The van der Waals surface area contributed by atoms with E-state index in [4.69, 9.17) is 16.3 Å². The van der Waals surface area contributed by atoms with Crippen LogP contribution in [0, 0.1) is 6.92 Å². The fourth-order valence-electron chi connectivity index (χ4n) is 2.00. The largest absolute Gasteiger partial charge is 0.375 e. The molecular formula is C13H18ClNO. The third kappa shape index (κ3) is 2.97. The summed E-state index contributed by atoms with van der Waals surface area (Å²) in [4.78, 5) is 0. The van der Waals surface area contributed by atoms with Gasteiger partial charge in [-0.15, -0.1) is 0 Å². The minimum atomic E-state index is 0.288. The second-order valence-corrected chi connectivity index (χ2v) is 4.98. The van der Waals surface area contributed by atoms with Crippen LogP contribution >= 0.6 is 11.6 Å². The minimum absolute atomic E-state index is 0.288. The van der Waals surface area contributed by atoms with E-state index in [0.717, 1.165) is 24.6 Å². The monoisotopic (exact) mass is 239 g/mol. The van der Waals surface area contributed by atoms with Crippen molar-refractivity contribution in [3.8, 4) is 0 Å². The second kappa shape index (κ2) is 5.17. The number of nitrogens with one attached hydrogen (secondary N) is 1. The number of hydrogen-bond donors (Lipinski definition) is 1. The Bertz CT molecular complexity index is 359. The summed E-state index contributed by atoms with van der Waals surface area (Å²) in [5.74, 6) is 0. The molecule has 0 amide bonds. The van der Waals surface area contributed by atoms with Crippen LogP contribution in [0.15, 0.2) is 18.2 Å². The molecular weight excluding hydrogens is 222 g/mol. The van der Waals surface area contributed by atoms with E-state index in [0.29, 0.717) is 6.04 Å². The summed E-state index contributed by atoms with van der Waals surface area (Å²) in [5.41, 5.74) is 2.57. The zero-order chi connectivity index (χ0) is 11.5. The number of halogens is 1. The van der Waals surface area contributed by atoms with Crippen LogP contribution < -0.4 is 5.32 Å². The zero-order valence-electron chi connectivity index (χ0n) is 9.79. The van der Waals surface area contributed by atoms with Crippen LogP contribution in [0.2, 0.25) is 5.02 Å². The highest BCUT2D eigenvalue weighted by molar-refractivity contribution is 6.30. The van der Waals surface area contributed by atoms with Gasteiger partial charge in [0.2, 0.25) is 0 Å². The summed E-state index contributed by atoms with van der Waals surface area (Å²) in [5, 5.41) is 4.24. The lowest BCUT2D eigenvalue weighted by molar-refractivity contribution is 0.00874. The summed E-state index contributed by atoms with van der Waals surface area (Å²) in [6.45, 7) is 5.98. The Balaban J connectivity index is 1.98. The Morgan fingerprint density at radius 3 is 2.94 bits per heavy atom. The first-order chi connectivity index (χ1) is 7.65. The Hall–Kier alpha value is -0.570. The number of rotatable bonds is 2. The van der Waals surface area contributed by atoms with Crippen LogP contribution in [0.4, 0.5) is 0 Å². The summed E-state index contributed by atoms with van der Waals surface area (Å²) in [6, 6.07) is 6.53. The van der Waals surface area contributed by atoms with Gasteiger partial charge in [-0.2, -0.15) is 0 Å². The van der Waals surface area contributed by atoms with E-state index in [2.05, 4.69) is 25.2 Å². The molecule has 2 nitrogen and oxygen atoms in total. The summed E-state index contributed by atoms with van der Waals surface area (Å²) in [6.07, 6.45) is 1.25. The number of ether oxygens (including phenoxy) is 1. The van der Waals surface area contributed by atoms with Crippen LogP contribution in [0.5, 0.6) is 0 Å². The fourth-order valence-corrected chi connectivity index (χ4v) is 2.22. The average Bonchev–Trinajstić information content (AvgIpc) is 2.25. The maximum atomic E-state index is 5.94. The van der Waals surface area contributed by atoms with Gasteiger partial charge in [0, 0.05) is 24.0 Å². The van der Waals surface area contributed by atoms with E-state index in [9.17, 15) is 0 Å². The molecule has 0 aromatic heterocycles. The highest BCUT2D eigenvalue weighted by Gasteiger charge is 2.18. The number of hydrogen-bond acceptors (Lipinski definition) is 2. The molecule has 88 valence electrons. The van der Waals surface area contributed by atoms with Crippen molar-refractivity contribution in [3.05, 3.63) is 34.3 Å². The first-order valence-electron chi connectivity index (χ1n) is 5.75. The topological polar surface area (TPSA) is 21.3 Å². The van der Waals surface area contributed by atoms with E-state index in [1.807, 2.05) is 12.1 Å². The molecule has 1 aromatic rings. The molecule has 2 unspecified atom stereocenters. The van der Waals surface area contributed by atoms with Gasteiger partial charge in [0.05, 0.1) is 12.7 Å². The maximum absolute atomic E-state index is 5.94. The third-order valence-corrected chi connectivity index (χ3v) is 3.26. The van der Waals surface area contributed by atoms with E-state index < -0.39 is 0 Å². The lowest BCUT2D eigenvalue weighted by Gasteiger charge is -2.28. The van der Waals surface area contributed by atoms with Crippen molar-refractivity contribution < 1.29 is 4.74 Å². The fraction of sp³-hybridized carbons (Fsp3) is 0.538. The Morgan fingerprint density at radius 1 is 1.50 bits per heavy atom. The number of aryl methyl sites for hydroxylation is 1. The van der Waals surface area contributed by atoms with Gasteiger partial charge in [-0.3, -0.25) is 0 Å². The zero-order valence-corrected chi connectivity index (χ0v) is 10.6. The molecule has 1 aliphatic heterocycles. The van der Waals surface area contributed by atoms with Gasteiger partial charge in [-0.1, -0.05) is 17.7 Å². The summed E-state index contributed by atoms with van der Waals surface area (Å²) < 4.78 is 5.78. The third-order valence-electron chi connectivity index (χ3n) is 3.03. The maximum Gasteiger partial charge on any atom is 0.0740 e. The van der Waals surface area contributed by atoms with Crippen molar-refractivity contribution in [1.82, 2.24) is 5.32 Å². The molecule has 1 saturated heterocycles. The van der Waals surface area contributed by atoms with E-state index in [1.54, 1.807) is 0 Å². The van der Waals surface area contributed by atoms with Crippen molar-refractivity contribution in [2.24, 2.45) is 0 Å². The van der Waals surface area contributed by atoms with Crippen molar-refractivity contribution in [2.45, 2.75) is 32.4 Å². The van der Waals surface area contributed by atoms with Gasteiger partial charge in [-0.25, -0.2) is 0 Å². The molecule has 2 rings (SSSR count). The molecule has 1 fully saturated rings. The minimum Gasteiger partial charge on any atom is -0.375 e. The predicted octanol–water partition coefficient (Wildman–Crippen LogP) is 2.57. The lowest BCUT2D eigenvalue weighted by Crippen LogP contribution is -2.45. The van der Waals surface area contributed by atoms with Crippen molar-refractivity contribution in [1.29, 1.82) is 0 Å². The Labute approximate surface area is 102 Å². The Morgan fingerprint density at radius 2 is 2.31 bits per heavy atom. The van der Waals surface area contributed by atoms with E-state index in [1.165, 1.54) is 11.1 Å². The molecule has 1 N–H and O–H groups in total. The van der Waals surface area contributed by atoms with Crippen molar-refractivity contribution in [2.75, 3.05) is 13.2 Å². The van der Waals surface area contributed by atoms with Crippen LogP contribution in [0.3, 0.4) is 0 Å². The molecule has 0 bridgehead atoms. The Kier molecular flexibility index (Phi) is 3.85. The highest BCUT2D eigenvalue weighted by Crippen LogP contribution is 2.18. The number of morpholine rings is 1. The van der Waals surface area contributed by atoms with Crippen LogP contribution in [0.25, 0.3) is 0 Å². The van der Waals surface area contributed by atoms with Gasteiger partial charge in [-0.05, 0) is 37.1 Å².